The topological polar surface area (TPSA) is 42.9 Å². The molecule has 0 saturated heterocycles. The van der Waals surface area contributed by atoms with Crippen LogP contribution in [0.2, 0.25) is 0 Å². The number of ketones is 1. The van der Waals surface area contributed by atoms with Gasteiger partial charge in [0.2, 0.25) is 5.78 Å². The standard InChI is InChI=1S/C10H14N2O/c1-6(2)9(13)10-11-7(3)5-8(4)12-10/h5-6H,1-4H3. The Balaban J connectivity index is 3.08. The molecule has 70 valence electrons. The molecule has 1 heterocycles. The maximum atomic E-state index is 11.5. The van der Waals surface area contributed by atoms with Gasteiger partial charge in [-0.25, -0.2) is 9.97 Å². The number of carbonyl (C=O) groups is 1. The van der Waals surface area contributed by atoms with Crippen molar-refractivity contribution in [2.75, 3.05) is 0 Å². The fourth-order valence-corrected chi connectivity index (χ4v) is 1.09. The molecule has 0 aromatic carbocycles. The van der Waals surface area contributed by atoms with E-state index in [2.05, 4.69) is 9.97 Å². The van der Waals surface area contributed by atoms with Crippen LogP contribution in [0.25, 0.3) is 0 Å². The van der Waals surface area contributed by atoms with E-state index < -0.39 is 0 Å². The van der Waals surface area contributed by atoms with Gasteiger partial charge >= 0.3 is 0 Å². The predicted octanol–water partition coefficient (Wildman–Crippen LogP) is 1.93. The first-order valence-electron chi connectivity index (χ1n) is 4.37. The van der Waals surface area contributed by atoms with Crippen LogP contribution in [0, 0.1) is 19.8 Å². The number of hydrogen-bond donors (Lipinski definition) is 0. The second kappa shape index (κ2) is 3.64. The van der Waals surface area contributed by atoms with E-state index in [1.165, 1.54) is 0 Å². The molecule has 0 unspecified atom stereocenters. The number of nitrogens with zero attached hydrogens (tertiary/aromatic N) is 2. The molecule has 1 aromatic rings. The van der Waals surface area contributed by atoms with Crippen molar-refractivity contribution in [1.29, 1.82) is 0 Å². The molecule has 0 saturated carbocycles. The lowest BCUT2D eigenvalue weighted by atomic mass is 10.1. The summed E-state index contributed by atoms with van der Waals surface area (Å²) in [6, 6.07) is 1.86. The fraction of sp³-hybridized carbons (Fsp3) is 0.500. The van der Waals surface area contributed by atoms with Crippen LogP contribution in [0.15, 0.2) is 6.07 Å². The zero-order valence-electron chi connectivity index (χ0n) is 8.46. The molecule has 0 N–H and O–H groups in total. The Morgan fingerprint density at radius 1 is 1.23 bits per heavy atom. The summed E-state index contributed by atoms with van der Waals surface area (Å²) in [4.78, 5) is 19.7. The first-order chi connectivity index (χ1) is 6.00. The van der Waals surface area contributed by atoms with Crippen molar-refractivity contribution in [3.05, 3.63) is 23.3 Å². The number of rotatable bonds is 2. The van der Waals surface area contributed by atoms with Crippen molar-refractivity contribution in [1.82, 2.24) is 9.97 Å². The van der Waals surface area contributed by atoms with E-state index in [0.717, 1.165) is 11.4 Å². The largest absolute Gasteiger partial charge is 0.290 e. The van der Waals surface area contributed by atoms with Crippen molar-refractivity contribution in [2.45, 2.75) is 27.7 Å². The van der Waals surface area contributed by atoms with Crippen LogP contribution in [-0.2, 0) is 0 Å². The molecule has 0 radical (unpaired) electrons. The Kier molecular flexibility index (Phi) is 2.76. The Morgan fingerprint density at radius 3 is 2.08 bits per heavy atom. The third kappa shape index (κ3) is 2.34. The molecule has 0 atom stereocenters. The summed E-state index contributed by atoms with van der Waals surface area (Å²) in [6.45, 7) is 7.43. The molecule has 0 bridgehead atoms. The smallest absolute Gasteiger partial charge is 0.202 e. The molecule has 3 nitrogen and oxygen atoms in total. The highest BCUT2D eigenvalue weighted by Crippen LogP contribution is 2.05. The van der Waals surface area contributed by atoms with Gasteiger partial charge in [0.15, 0.2) is 5.82 Å². The fourth-order valence-electron chi connectivity index (χ4n) is 1.09. The molecule has 0 amide bonds. The van der Waals surface area contributed by atoms with Crippen LogP contribution in [-0.4, -0.2) is 15.8 Å². The number of Topliss-reactive ketones (excluding diaryl/α,β-unsaturated/α-hetero) is 1. The van der Waals surface area contributed by atoms with E-state index in [0.29, 0.717) is 5.82 Å². The Labute approximate surface area is 78.2 Å². The monoisotopic (exact) mass is 178 g/mol. The van der Waals surface area contributed by atoms with Gasteiger partial charge in [-0.2, -0.15) is 0 Å². The molecule has 0 fully saturated rings. The zero-order valence-corrected chi connectivity index (χ0v) is 8.46. The molecule has 0 aliphatic heterocycles. The zero-order chi connectivity index (χ0) is 10.0. The molecule has 1 rings (SSSR count). The van der Waals surface area contributed by atoms with Gasteiger partial charge in [-0.1, -0.05) is 13.8 Å². The summed E-state index contributed by atoms with van der Waals surface area (Å²) in [5.41, 5.74) is 1.69. The summed E-state index contributed by atoms with van der Waals surface area (Å²) >= 11 is 0. The lowest BCUT2D eigenvalue weighted by Gasteiger charge is -2.04. The van der Waals surface area contributed by atoms with E-state index in [1.807, 2.05) is 33.8 Å². The van der Waals surface area contributed by atoms with Crippen molar-refractivity contribution in [2.24, 2.45) is 5.92 Å². The van der Waals surface area contributed by atoms with E-state index in [9.17, 15) is 4.79 Å². The summed E-state index contributed by atoms with van der Waals surface area (Å²) in [7, 11) is 0. The lowest BCUT2D eigenvalue weighted by Crippen LogP contribution is -2.13. The lowest BCUT2D eigenvalue weighted by molar-refractivity contribution is 0.0928. The second-order valence-electron chi connectivity index (χ2n) is 3.49. The van der Waals surface area contributed by atoms with Crippen LogP contribution in [0.1, 0.15) is 35.9 Å². The second-order valence-corrected chi connectivity index (χ2v) is 3.49. The van der Waals surface area contributed by atoms with E-state index in [1.54, 1.807) is 0 Å². The highest BCUT2D eigenvalue weighted by molar-refractivity contribution is 5.93. The van der Waals surface area contributed by atoms with Gasteiger partial charge in [0.25, 0.3) is 0 Å². The summed E-state index contributed by atoms with van der Waals surface area (Å²) in [6.07, 6.45) is 0. The minimum atomic E-state index is -0.0406. The molecule has 0 aliphatic carbocycles. The normalized spacial score (nSPS) is 10.5. The van der Waals surface area contributed by atoms with Crippen LogP contribution in [0.4, 0.5) is 0 Å². The first kappa shape index (κ1) is 9.84. The first-order valence-corrected chi connectivity index (χ1v) is 4.37. The molecule has 0 aliphatic rings. The maximum absolute atomic E-state index is 11.5. The quantitative estimate of drug-likeness (QED) is 0.650. The highest BCUT2D eigenvalue weighted by Gasteiger charge is 2.13. The molecular weight excluding hydrogens is 164 g/mol. The summed E-state index contributed by atoms with van der Waals surface area (Å²) in [5.74, 6) is 0.306. The average Bonchev–Trinajstić information content (AvgIpc) is 2.01. The van der Waals surface area contributed by atoms with Crippen molar-refractivity contribution in [3.8, 4) is 0 Å². The van der Waals surface area contributed by atoms with Gasteiger partial charge in [0, 0.05) is 17.3 Å². The van der Waals surface area contributed by atoms with E-state index in [-0.39, 0.29) is 11.7 Å². The SMILES string of the molecule is Cc1cc(C)nc(C(=O)C(C)C)n1. The summed E-state index contributed by atoms with van der Waals surface area (Å²) < 4.78 is 0. The average molecular weight is 178 g/mol. The van der Waals surface area contributed by atoms with Gasteiger partial charge in [-0.15, -0.1) is 0 Å². The van der Waals surface area contributed by atoms with Crippen molar-refractivity contribution in [3.63, 3.8) is 0 Å². The third-order valence-electron chi connectivity index (χ3n) is 1.73. The van der Waals surface area contributed by atoms with Gasteiger partial charge in [0.05, 0.1) is 0 Å². The molecular formula is C10H14N2O. The van der Waals surface area contributed by atoms with Crippen LogP contribution >= 0.6 is 0 Å². The minimum Gasteiger partial charge on any atom is -0.290 e. The molecule has 0 spiro atoms. The number of hydrogen-bond acceptors (Lipinski definition) is 3. The van der Waals surface area contributed by atoms with Gasteiger partial charge in [-0.05, 0) is 19.9 Å². The number of aryl methyl sites for hydroxylation is 2. The van der Waals surface area contributed by atoms with Gasteiger partial charge < -0.3 is 0 Å². The van der Waals surface area contributed by atoms with Crippen LogP contribution in [0.5, 0.6) is 0 Å². The molecule has 3 heteroatoms. The predicted molar refractivity (Wildman–Crippen MR) is 50.7 cm³/mol. The van der Waals surface area contributed by atoms with Gasteiger partial charge in [-0.3, -0.25) is 4.79 Å². The van der Waals surface area contributed by atoms with E-state index >= 15 is 0 Å². The maximum Gasteiger partial charge on any atom is 0.202 e. The Hall–Kier alpha value is -1.25. The molecule has 1 aromatic heterocycles. The minimum absolute atomic E-state index is 0.00630. The third-order valence-corrected chi connectivity index (χ3v) is 1.73. The van der Waals surface area contributed by atoms with E-state index in [4.69, 9.17) is 0 Å². The number of carbonyl (C=O) groups excluding carboxylic acids is 1. The van der Waals surface area contributed by atoms with Crippen LogP contribution in [0.3, 0.4) is 0 Å². The van der Waals surface area contributed by atoms with Crippen molar-refractivity contribution < 1.29 is 4.79 Å². The van der Waals surface area contributed by atoms with Crippen molar-refractivity contribution >= 4 is 5.78 Å². The highest BCUT2D eigenvalue weighted by atomic mass is 16.1. The Bertz CT molecular complexity index is 311. The van der Waals surface area contributed by atoms with Crippen LogP contribution < -0.4 is 0 Å². The van der Waals surface area contributed by atoms with Gasteiger partial charge in [0.1, 0.15) is 0 Å². The molecule has 13 heavy (non-hydrogen) atoms. The summed E-state index contributed by atoms with van der Waals surface area (Å²) in [5, 5.41) is 0. The Morgan fingerprint density at radius 2 is 1.69 bits per heavy atom. The number of aromatic nitrogens is 2.